The minimum absolute atomic E-state index is 0.0374. The summed E-state index contributed by atoms with van der Waals surface area (Å²) in [5.41, 5.74) is 1.89. The number of nitrogens with one attached hydrogen (secondary N) is 1. The Morgan fingerprint density at radius 2 is 1.80 bits per heavy atom. The minimum Gasteiger partial charge on any atom is -0.493 e. The summed E-state index contributed by atoms with van der Waals surface area (Å²) in [6.45, 7) is 3.23. The average molecular weight is 362 g/mol. The summed E-state index contributed by atoms with van der Waals surface area (Å²) in [7, 11) is 1.62. The molecule has 1 N–H and O–H groups in total. The van der Waals surface area contributed by atoms with Crippen LogP contribution in [0.5, 0.6) is 11.5 Å². The van der Waals surface area contributed by atoms with Gasteiger partial charge < -0.3 is 14.8 Å². The van der Waals surface area contributed by atoms with Crippen LogP contribution in [0.15, 0.2) is 42.5 Å². The van der Waals surface area contributed by atoms with E-state index < -0.39 is 0 Å². The molecule has 0 spiro atoms. The van der Waals surface area contributed by atoms with E-state index in [4.69, 9.17) is 21.1 Å². The molecule has 2 rings (SSSR count). The summed E-state index contributed by atoms with van der Waals surface area (Å²) >= 11 is 5.85. The van der Waals surface area contributed by atoms with Gasteiger partial charge in [0.25, 0.3) is 0 Å². The highest BCUT2D eigenvalue weighted by Gasteiger charge is 2.08. The van der Waals surface area contributed by atoms with Crippen molar-refractivity contribution in [3.63, 3.8) is 0 Å². The van der Waals surface area contributed by atoms with Crippen LogP contribution < -0.4 is 14.8 Å². The molecular formula is C20H24ClNO3. The number of amides is 1. The molecule has 0 saturated carbocycles. The van der Waals surface area contributed by atoms with Crippen molar-refractivity contribution < 1.29 is 14.3 Å². The number of benzene rings is 2. The third kappa shape index (κ3) is 6.31. The zero-order valence-corrected chi connectivity index (χ0v) is 15.4. The number of hydrogen-bond acceptors (Lipinski definition) is 3. The first-order valence-corrected chi connectivity index (χ1v) is 8.81. The normalized spacial score (nSPS) is 10.4. The van der Waals surface area contributed by atoms with Crippen LogP contribution in [0.25, 0.3) is 0 Å². The van der Waals surface area contributed by atoms with Crippen molar-refractivity contribution in [3.8, 4) is 11.5 Å². The lowest BCUT2D eigenvalue weighted by Gasteiger charge is -2.12. The van der Waals surface area contributed by atoms with Gasteiger partial charge in [-0.2, -0.15) is 0 Å². The molecule has 134 valence electrons. The predicted molar refractivity (Wildman–Crippen MR) is 100 cm³/mol. The second-order valence-electron chi connectivity index (χ2n) is 5.77. The molecule has 2 aromatic carbocycles. The Bertz CT molecular complexity index is 686. The first-order valence-electron chi connectivity index (χ1n) is 8.43. The van der Waals surface area contributed by atoms with Crippen LogP contribution in [-0.2, 0) is 17.8 Å². The van der Waals surface area contributed by atoms with Crippen molar-refractivity contribution in [3.05, 3.63) is 58.6 Å². The summed E-state index contributed by atoms with van der Waals surface area (Å²) in [5, 5.41) is 3.58. The van der Waals surface area contributed by atoms with Crippen molar-refractivity contribution in [2.75, 3.05) is 13.7 Å². The number of unbranched alkanes of at least 4 members (excludes halogenated alkanes) is 1. The lowest BCUT2D eigenvalue weighted by Crippen LogP contribution is -2.24. The highest BCUT2D eigenvalue weighted by molar-refractivity contribution is 6.30. The highest BCUT2D eigenvalue weighted by Crippen LogP contribution is 2.28. The maximum Gasteiger partial charge on any atom is 0.224 e. The standard InChI is InChI=1S/C20H24ClNO3/c1-3-4-11-25-18-10-7-16(12-19(18)24-2)14-22-20(23)13-15-5-8-17(21)9-6-15/h5-10,12H,3-4,11,13-14H2,1-2H3,(H,22,23). The van der Waals surface area contributed by atoms with Crippen molar-refractivity contribution in [1.82, 2.24) is 5.32 Å². The van der Waals surface area contributed by atoms with E-state index in [1.54, 1.807) is 19.2 Å². The Balaban J connectivity index is 1.89. The smallest absolute Gasteiger partial charge is 0.224 e. The van der Waals surface area contributed by atoms with Gasteiger partial charge in [0.1, 0.15) is 0 Å². The van der Waals surface area contributed by atoms with E-state index in [9.17, 15) is 4.79 Å². The number of ether oxygens (including phenoxy) is 2. The molecule has 2 aromatic rings. The topological polar surface area (TPSA) is 47.6 Å². The fourth-order valence-electron chi connectivity index (χ4n) is 2.32. The summed E-state index contributed by atoms with van der Waals surface area (Å²) in [5.74, 6) is 1.37. The predicted octanol–water partition coefficient (Wildman–Crippen LogP) is 4.39. The molecule has 0 aromatic heterocycles. The van der Waals surface area contributed by atoms with Gasteiger partial charge in [-0.3, -0.25) is 4.79 Å². The molecule has 0 radical (unpaired) electrons. The van der Waals surface area contributed by atoms with Gasteiger partial charge in [-0.25, -0.2) is 0 Å². The van der Waals surface area contributed by atoms with Crippen LogP contribution in [0.4, 0.5) is 0 Å². The number of halogens is 1. The van der Waals surface area contributed by atoms with Gasteiger partial charge in [-0.15, -0.1) is 0 Å². The van der Waals surface area contributed by atoms with Crippen molar-refractivity contribution >= 4 is 17.5 Å². The molecule has 0 bridgehead atoms. The lowest BCUT2D eigenvalue weighted by atomic mass is 10.1. The molecular weight excluding hydrogens is 338 g/mol. The Morgan fingerprint density at radius 1 is 1.08 bits per heavy atom. The summed E-state index contributed by atoms with van der Waals surface area (Å²) in [6, 6.07) is 13.0. The molecule has 5 heteroatoms. The number of rotatable bonds is 9. The summed E-state index contributed by atoms with van der Waals surface area (Å²) in [6.07, 6.45) is 2.41. The molecule has 0 unspecified atom stereocenters. The van der Waals surface area contributed by atoms with Gasteiger partial charge in [0, 0.05) is 11.6 Å². The van der Waals surface area contributed by atoms with Crippen molar-refractivity contribution in [2.45, 2.75) is 32.7 Å². The number of methoxy groups -OCH3 is 1. The Labute approximate surface area is 154 Å². The number of carbonyl (C=O) groups excluding carboxylic acids is 1. The van der Waals surface area contributed by atoms with E-state index >= 15 is 0 Å². The SMILES string of the molecule is CCCCOc1ccc(CNC(=O)Cc2ccc(Cl)cc2)cc1OC. The third-order valence-electron chi connectivity index (χ3n) is 3.75. The van der Waals surface area contributed by atoms with Crippen LogP contribution in [0.3, 0.4) is 0 Å². The first kappa shape index (κ1) is 19.1. The molecule has 0 fully saturated rings. The van der Waals surface area contributed by atoms with E-state index in [1.807, 2.05) is 30.3 Å². The summed E-state index contributed by atoms with van der Waals surface area (Å²) < 4.78 is 11.1. The van der Waals surface area contributed by atoms with Gasteiger partial charge in [0.2, 0.25) is 5.91 Å². The fourth-order valence-corrected chi connectivity index (χ4v) is 2.44. The molecule has 0 saturated heterocycles. The van der Waals surface area contributed by atoms with E-state index in [-0.39, 0.29) is 5.91 Å². The molecule has 0 aliphatic heterocycles. The van der Waals surface area contributed by atoms with E-state index in [0.29, 0.717) is 30.3 Å². The van der Waals surface area contributed by atoms with Crippen LogP contribution in [0.1, 0.15) is 30.9 Å². The second kappa shape index (κ2) is 9.94. The van der Waals surface area contributed by atoms with Gasteiger partial charge in [-0.05, 0) is 41.8 Å². The van der Waals surface area contributed by atoms with Crippen LogP contribution in [0.2, 0.25) is 5.02 Å². The number of carbonyl (C=O) groups is 1. The molecule has 25 heavy (non-hydrogen) atoms. The molecule has 0 aliphatic carbocycles. The van der Waals surface area contributed by atoms with Crippen LogP contribution in [-0.4, -0.2) is 19.6 Å². The largest absolute Gasteiger partial charge is 0.493 e. The Morgan fingerprint density at radius 3 is 2.48 bits per heavy atom. The zero-order valence-electron chi connectivity index (χ0n) is 14.7. The Hall–Kier alpha value is -2.20. The maximum atomic E-state index is 12.1. The minimum atomic E-state index is -0.0374. The zero-order chi connectivity index (χ0) is 18.1. The molecule has 0 atom stereocenters. The van der Waals surface area contributed by atoms with Crippen molar-refractivity contribution in [1.29, 1.82) is 0 Å². The van der Waals surface area contributed by atoms with Gasteiger partial charge >= 0.3 is 0 Å². The van der Waals surface area contributed by atoms with Gasteiger partial charge in [0.05, 0.1) is 20.1 Å². The monoisotopic (exact) mass is 361 g/mol. The molecule has 0 aliphatic rings. The lowest BCUT2D eigenvalue weighted by molar-refractivity contribution is -0.120. The molecule has 4 nitrogen and oxygen atoms in total. The van der Waals surface area contributed by atoms with Crippen molar-refractivity contribution in [2.24, 2.45) is 0 Å². The Kier molecular flexibility index (Phi) is 7.61. The molecule has 1 amide bonds. The maximum absolute atomic E-state index is 12.1. The van der Waals surface area contributed by atoms with Gasteiger partial charge in [0.15, 0.2) is 11.5 Å². The first-order chi connectivity index (χ1) is 12.1. The summed E-state index contributed by atoms with van der Waals surface area (Å²) in [4.78, 5) is 12.1. The van der Waals surface area contributed by atoms with E-state index in [1.165, 1.54) is 0 Å². The fraction of sp³-hybridized carbons (Fsp3) is 0.350. The van der Waals surface area contributed by atoms with Crippen LogP contribution in [0, 0.1) is 0 Å². The van der Waals surface area contributed by atoms with E-state index in [0.717, 1.165) is 29.7 Å². The third-order valence-corrected chi connectivity index (χ3v) is 4.00. The molecule has 0 heterocycles. The van der Waals surface area contributed by atoms with Gasteiger partial charge in [-0.1, -0.05) is 43.1 Å². The van der Waals surface area contributed by atoms with E-state index in [2.05, 4.69) is 12.2 Å². The van der Waals surface area contributed by atoms with Crippen LogP contribution >= 0.6 is 11.6 Å². The quantitative estimate of drug-likeness (QED) is 0.674. The average Bonchev–Trinajstić information content (AvgIpc) is 2.62. The highest BCUT2D eigenvalue weighted by atomic mass is 35.5. The number of hydrogen-bond donors (Lipinski definition) is 1. The second-order valence-corrected chi connectivity index (χ2v) is 6.20.